The molecular formula is C13H15N3O3. The van der Waals surface area contributed by atoms with Crippen molar-refractivity contribution < 1.29 is 14.1 Å². The molecule has 1 heterocycles. The van der Waals surface area contributed by atoms with Crippen molar-refractivity contribution >= 4 is 5.91 Å². The molecule has 0 aliphatic rings. The molecule has 6 heteroatoms. The van der Waals surface area contributed by atoms with Crippen LogP contribution in [0.15, 0.2) is 34.9 Å². The molecule has 2 aromatic rings. The Morgan fingerprint density at radius 2 is 2.16 bits per heavy atom. The van der Waals surface area contributed by atoms with Gasteiger partial charge in [0, 0.05) is 7.05 Å². The van der Waals surface area contributed by atoms with Gasteiger partial charge < -0.3 is 14.6 Å². The van der Waals surface area contributed by atoms with E-state index in [0.717, 1.165) is 5.75 Å². The maximum Gasteiger partial charge on any atom is 0.267 e. The van der Waals surface area contributed by atoms with Crippen LogP contribution in [0.4, 0.5) is 0 Å². The fourth-order valence-corrected chi connectivity index (χ4v) is 1.49. The molecule has 1 aromatic carbocycles. The number of benzene rings is 1. The van der Waals surface area contributed by atoms with Crippen molar-refractivity contribution in [1.82, 2.24) is 15.5 Å². The number of ether oxygens (including phenoxy) is 1. The molecule has 1 aromatic heterocycles. The standard InChI is InChI=1S/C13H15N3O3/c1-9(18-10-6-4-3-5-7-10)13-15-11(16-19-13)8-12(17)14-2/h3-7,9H,8H2,1-2H3,(H,14,17)/t9-/m1/s1. The molecule has 0 unspecified atom stereocenters. The smallest absolute Gasteiger partial charge is 0.267 e. The van der Waals surface area contributed by atoms with Gasteiger partial charge in [0.2, 0.25) is 5.91 Å². The third-order valence-corrected chi connectivity index (χ3v) is 2.49. The Morgan fingerprint density at radius 1 is 1.42 bits per heavy atom. The van der Waals surface area contributed by atoms with Crippen LogP contribution in [-0.2, 0) is 11.2 Å². The first kappa shape index (κ1) is 13.1. The molecular weight excluding hydrogens is 246 g/mol. The van der Waals surface area contributed by atoms with Gasteiger partial charge in [-0.3, -0.25) is 4.79 Å². The van der Waals surface area contributed by atoms with Crippen molar-refractivity contribution in [2.45, 2.75) is 19.4 Å². The van der Waals surface area contributed by atoms with Crippen LogP contribution >= 0.6 is 0 Å². The van der Waals surface area contributed by atoms with E-state index in [4.69, 9.17) is 9.26 Å². The van der Waals surface area contributed by atoms with Crippen LogP contribution in [0.3, 0.4) is 0 Å². The summed E-state index contributed by atoms with van der Waals surface area (Å²) in [6.45, 7) is 1.81. The summed E-state index contributed by atoms with van der Waals surface area (Å²) in [5.41, 5.74) is 0. The number of para-hydroxylation sites is 1. The first-order chi connectivity index (χ1) is 9.19. The van der Waals surface area contributed by atoms with E-state index in [1.807, 2.05) is 37.3 Å². The van der Waals surface area contributed by atoms with Crippen LogP contribution < -0.4 is 10.1 Å². The molecule has 0 saturated heterocycles. The number of hydrogen-bond donors (Lipinski definition) is 1. The van der Waals surface area contributed by atoms with Gasteiger partial charge in [-0.1, -0.05) is 23.4 Å². The molecule has 0 radical (unpaired) electrons. The van der Waals surface area contributed by atoms with Gasteiger partial charge in [0.25, 0.3) is 5.89 Å². The first-order valence-electron chi connectivity index (χ1n) is 5.94. The normalized spacial score (nSPS) is 11.9. The van der Waals surface area contributed by atoms with Crippen LogP contribution in [0.1, 0.15) is 24.7 Å². The van der Waals surface area contributed by atoms with E-state index in [-0.39, 0.29) is 18.4 Å². The molecule has 1 atom stereocenters. The second kappa shape index (κ2) is 5.99. The molecule has 0 fully saturated rings. The maximum atomic E-state index is 11.2. The number of aromatic nitrogens is 2. The quantitative estimate of drug-likeness (QED) is 0.882. The Labute approximate surface area is 110 Å². The second-order valence-corrected chi connectivity index (χ2v) is 3.97. The summed E-state index contributed by atoms with van der Waals surface area (Å²) in [4.78, 5) is 15.3. The number of rotatable bonds is 5. The third kappa shape index (κ3) is 3.54. The number of likely N-dealkylation sites (N-methyl/N-ethyl adjacent to an activating group) is 1. The van der Waals surface area contributed by atoms with Gasteiger partial charge in [-0.25, -0.2) is 0 Å². The molecule has 2 rings (SSSR count). The average molecular weight is 261 g/mol. The van der Waals surface area contributed by atoms with E-state index in [1.165, 1.54) is 0 Å². The number of nitrogens with zero attached hydrogens (tertiary/aromatic N) is 2. The number of nitrogens with one attached hydrogen (secondary N) is 1. The van der Waals surface area contributed by atoms with E-state index in [0.29, 0.717) is 11.7 Å². The molecule has 1 N–H and O–H groups in total. The molecule has 100 valence electrons. The van der Waals surface area contributed by atoms with Crippen LogP contribution in [0.5, 0.6) is 5.75 Å². The van der Waals surface area contributed by atoms with Gasteiger partial charge in [0.1, 0.15) is 5.75 Å². The van der Waals surface area contributed by atoms with Gasteiger partial charge in [0.05, 0.1) is 6.42 Å². The van der Waals surface area contributed by atoms with Gasteiger partial charge in [-0.05, 0) is 19.1 Å². The number of hydrogen-bond acceptors (Lipinski definition) is 5. The highest BCUT2D eigenvalue weighted by Crippen LogP contribution is 2.19. The molecule has 0 saturated carbocycles. The Bertz CT molecular complexity index is 539. The molecule has 0 bridgehead atoms. The Balaban J connectivity index is 2.00. The van der Waals surface area contributed by atoms with Crippen LogP contribution in [0.25, 0.3) is 0 Å². The predicted molar refractivity (Wildman–Crippen MR) is 67.6 cm³/mol. The van der Waals surface area contributed by atoms with Gasteiger partial charge in [0.15, 0.2) is 11.9 Å². The number of carbonyl (C=O) groups is 1. The fourth-order valence-electron chi connectivity index (χ4n) is 1.49. The summed E-state index contributed by atoms with van der Waals surface area (Å²) >= 11 is 0. The fraction of sp³-hybridized carbons (Fsp3) is 0.308. The second-order valence-electron chi connectivity index (χ2n) is 3.97. The van der Waals surface area contributed by atoms with E-state index in [2.05, 4.69) is 15.5 Å². The largest absolute Gasteiger partial charge is 0.481 e. The summed E-state index contributed by atoms with van der Waals surface area (Å²) in [5.74, 6) is 1.26. The minimum absolute atomic E-state index is 0.0953. The predicted octanol–water partition coefficient (Wildman–Crippen LogP) is 1.50. The van der Waals surface area contributed by atoms with Crippen molar-refractivity contribution in [2.24, 2.45) is 0 Å². The Morgan fingerprint density at radius 3 is 2.84 bits per heavy atom. The zero-order chi connectivity index (χ0) is 13.7. The molecule has 0 spiro atoms. The first-order valence-corrected chi connectivity index (χ1v) is 5.94. The van der Waals surface area contributed by atoms with Crippen molar-refractivity contribution in [3.05, 3.63) is 42.0 Å². The molecule has 19 heavy (non-hydrogen) atoms. The molecule has 0 aliphatic carbocycles. The van der Waals surface area contributed by atoms with Crippen molar-refractivity contribution in [2.75, 3.05) is 7.05 Å². The van der Waals surface area contributed by atoms with Crippen molar-refractivity contribution in [1.29, 1.82) is 0 Å². The van der Waals surface area contributed by atoms with E-state index < -0.39 is 0 Å². The highest BCUT2D eigenvalue weighted by Gasteiger charge is 2.17. The van der Waals surface area contributed by atoms with E-state index in [9.17, 15) is 4.79 Å². The van der Waals surface area contributed by atoms with Gasteiger partial charge in [-0.15, -0.1) is 0 Å². The molecule has 6 nitrogen and oxygen atoms in total. The molecule has 0 aliphatic heterocycles. The van der Waals surface area contributed by atoms with Crippen LogP contribution in [-0.4, -0.2) is 23.1 Å². The van der Waals surface area contributed by atoms with Gasteiger partial charge >= 0.3 is 0 Å². The van der Waals surface area contributed by atoms with E-state index in [1.54, 1.807) is 7.05 Å². The summed E-state index contributed by atoms with van der Waals surface area (Å²) in [5, 5.41) is 6.24. The number of amides is 1. The van der Waals surface area contributed by atoms with Crippen LogP contribution in [0, 0.1) is 0 Å². The number of carbonyl (C=O) groups excluding carboxylic acids is 1. The maximum absolute atomic E-state index is 11.2. The van der Waals surface area contributed by atoms with Crippen LogP contribution in [0.2, 0.25) is 0 Å². The Hall–Kier alpha value is -2.37. The zero-order valence-electron chi connectivity index (χ0n) is 10.8. The lowest BCUT2D eigenvalue weighted by molar-refractivity contribution is -0.120. The van der Waals surface area contributed by atoms with Crippen molar-refractivity contribution in [3.63, 3.8) is 0 Å². The minimum atomic E-state index is -0.367. The van der Waals surface area contributed by atoms with E-state index >= 15 is 0 Å². The summed E-state index contributed by atoms with van der Waals surface area (Å²) in [7, 11) is 1.56. The lowest BCUT2D eigenvalue weighted by atomic mass is 10.3. The van der Waals surface area contributed by atoms with Crippen molar-refractivity contribution in [3.8, 4) is 5.75 Å². The summed E-state index contributed by atoms with van der Waals surface area (Å²) in [6, 6.07) is 9.36. The summed E-state index contributed by atoms with van der Waals surface area (Å²) < 4.78 is 10.7. The SMILES string of the molecule is CNC(=O)Cc1noc([C@@H](C)Oc2ccccc2)n1. The third-order valence-electron chi connectivity index (χ3n) is 2.49. The highest BCUT2D eigenvalue weighted by molar-refractivity contribution is 5.77. The average Bonchev–Trinajstić information content (AvgIpc) is 2.88. The van der Waals surface area contributed by atoms with Gasteiger partial charge in [-0.2, -0.15) is 4.98 Å². The monoisotopic (exact) mass is 261 g/mol. The molecule has 1 amide bonds. The summed E-state index contributed by atoms with van der Waals surface area (Å²) in [6.07, 6.45) is -0.272. The topological polar surface area (TPSA) is 77.2 Å². The zero-order valence-corrected chi connectivity index (χ0v) is 10.8. The Kier molecular flexibility index (Phi) is 4.12. The lowest BCUT2D eigenvalue weighted by Crippen LogP contribution is -2.20. The minimum Gasteiger partial charge on any atom is -0.481 e. The highest BCUT2D eigenvalue weighted by atomic mass is 16.5. The lowest BCUT2D eigenvalue weighted by Gasteiger charge is -2.09.